The number of benzene rings is 3. The number of nitrogens with one attached hydrogen (secondary N) is 1. The molecule has 6 nitrogen and oxygen atoms in total. The van der Waals surface area contributed by atoms with Crippen molar-refractivity contribution in [2.45, 2.75) is 19.4 Å². The third kappa shape index (κ3) is 6.57. The molecule has 3 aromatic rings. The molecule has 3 N–H and O–H groups in total. The van der Waals surface area contributed by atoms with Gasteiger partial charge in [-0.25, -0.2) is 4.79 Å². The number of ether oxygens (including phenoxy) is 2. The summed E-state index contributed by atoms with van der Waals surface area (Å²) in [5, 5.41) is 22.7. The topological polar surface area (TPSA) is 88.0 Å². The molecule has 0 amide bonds. The number of hydrogen-bond donors (Lipinski definition) is 3. The Hall–Kier alpha value is -3.35. The van der Waals surface area contributed by atoms with Crippen LogP contribution in [0.25, 0.3) is 11.1 Å². The van der Waals surface area contributed by atoms with E-state index in [2.05, 4.69) is 5.32 Å². The largest absolute Gasteiger partial charge is 0.493 e. The molecular weight excluding hydrogens is 406 g/mol. The van der Waals surface area contributed by atoms with Crippen molar-refractivity contribution in [3.63, 3.8) is 0 Å². The highest BCUT2D eigenvalue weighted by Crippen LogP contribution is 2.29. The molecule has 0 unspecified atom stereocenters. The van der Waals surface area contributed by atoms with E-state index in [4.69, 9.17) is 9.47 Å². The monoisotopic (exact) mass is 435 g/mol. The van der Waals surface area contributed by atoms with Crippen molar-refractivity contribution in [3.8, 4) is 22.6 Å². The molecule has 6 heteroatoms. The van der Waals surface area contributed by atoms with Crippen LogP contribution in [0.3, 0.4) is 0 Å². The molecule has 3 rings (SSSR count). The molecular formula is C26H29NO5. The zero-order valence-electron chi connectivity index (χ0n) is 18.2. The van der Waals surface area contributed by atoms with Crippen LogP contribution in [0.5, 0.6) is 11.5 Å². The highest BCUT2D eigenvalue weighted by atomic mass is 16.5. The van der Waals surface area contributed by atoms with E-state index in [0.717, 1.165) is 28.9 Å². The van der Waals surface area contributed by atoms with Gasteiger partial charge in [0, 0.05) is 13.1 Å². The average Bonchev–Trinajstić information content (AvgIpc) is 2.83. The molecule has 0 saturated heterocycles. The van der Waals surface area contributed by atoms with Crippen LogP contribution in [0, 0.1) is 0 Å². The minimum atomic E-state index is -1.00. The smallest absolute Gasteiger partial charge is 0.339 e. The van der Waals surface area contributed by atoms with E-state index in [1.54, 1.807) is 18.2 Å². The van der Waals surface area contributed by atoms with Crippen molar-refractivity contribution in [1.29, 1.82) is 0 Å². The van der Waals surface area contributed by atoms with Crippen molar-refractivity contribution in [2.24, 2.45) is 0 Å². The molecule has 0 spiro atoms. The minimum Gasteiger partial charge on any atom is -0.493 e. The molecule has 0 radical (unpaired) electrons. The minimum absolute atomic E-state index is 0.159. The molecule has 32 heavy (non-hydrogen) atoms. The fourth-order valence-corrected chi connectivity index (χ4v) is 3.23. The van der Waals surface area contributed by atoms with Crippen LogP contribution in [-0.4, -0.2) is 42.5 Å². The number of rotatable bonds is 12. The Morgan fingerprint density at radius 1 is 0.938 bits per heavy atom. The first-order chi connectivity index (χ1) is 15.6. The zero-order chi connectivity index (χ0) is 22.8. The lowest BCUT2D eigenvalue weighted by atomic mass is 10.0. The van der Waals surface area contributed by atoms with E-state index in [-0.39, 0.29) is 5.56 Å². The zero-order valence-corrected chi connectivity index (χ0v) is 18.2. The summed E-state index contributed by atoms with van der Waals surface area (Å²) < 4.78 is 11.4. The van der Waals surface area contributed by atoms with E-state index in [1.165, 1.54) is 0 Å². The maximum Gasteiger partial charge on any atom is 0.339 e. The predicted octanol–water partition coefficient (Wildman–Crippen LogP) is 4.54. The molecule has 1 atom stereocenters. The Balaban J connectivity index is 1.51. The Labute approximate surface area is 188 Å². The summed E-state index contributed by atoms with van der Waals surface area (Å²) in [5.41, 5.74) is 2.87. The second kappa shape index (κ2) is 11.9. The maximum absolute atomic E-state index is 11.4. The maximum atomic E-state index is 11.4. The van der Waals surface area contributed by atoms with Gasteiger partial charge in [0.1, 0.15) is 23.7 Å². The van der Waals surface area contributed by atoms with E-state index in [1.807, 2.05) is 61.5 Å². The number of carboxylic acid groups (broad SMARTS) is 1. The summed E-state index contributed by atoms with van der Waals surface area (Å²) in [6.07, 6.45) is 0.254. The number of hydrogen-bond acceptors (Lipinski definition) is 5. The molecule has 0 aromatic heterocycles. The molecule has 0 aliphatic rings. The number of carboxylic acids is 1. The van der Waals surface area contributed by atoms with E-state index in [0.29, 0.717) is 32.1 Å². The summed E-state index contributed by atoms with van der Waals surface area (Å²) in [6.45, 7) is 3.99. The Morgan fingerprint density at radius 3 is 2.34 bits per heavy atom. The molecule has 168 valence electrons. The summed E-state index contributed by atoms with van der Waals surface area (Å²) in [7, 11) is 0. The molecule has 0 fully saturated rings. The van der Waals surface area contributed by atoms with Crippen molar-refractivity contribution in [2.75, 3.05) is 26.3 Å². The third-order valence-corrected chi connectivity index (χ3v) is 4.93. The summed E-state index contributed by atoms with van der Waals surface area (Å²) in [5.74, 6) is 0.112. The first-order valence-corrected chi connectivity index (χ1v) is 10.8. The lowest BCUT2D eigenvalue weighted by molar-refractivity contribution is 0.0692. The molecule has 0 aliphatic carbocycles. The SMILES string of the molecule is CCCOc1cc(-c2ccc(OCCNC[C@@H](O)c3ccccc3)cc2)ccc1C(=O)O. The van der Waals surface area contributed by atoms with Crippen LogP contribution in [-0.2, 0) is 0 Å². The Bertz CT molecular complexity index is 989. The van der Waals surface area contributed by atoms with E-state index >= 15 is 0 Å². The number of carbonyl (C=O) groups is 1. The van der Waals surface area contributed by atoms with E-state index in [9.17, 15) is 15.0 Å². The van der Waals surface area contributed by atoms with Gasteiger partial charge in [-0.05, 0) is 47.4 Å². The standard InChI is InChI=1S/C26H29NO5/c1-2-15-32-25-17-21(10-13-23(25)26(29)30)19-8-11-22(12-9-19)31-16-14-27-18-24(28)20-6-4-3-5-7-20/h3-13,17,24,27-28H,2,14-16,18H2,1H3,(H,29,30)/t24-/m1/s1. The first kappa shape index (κ1) is 23.3. The van der Waals surface area contributed by atoms with Crippen LogP contribution >= 0.6 is 0 Å². The lowest BCUT2D eigenvalue weighted by Crippen LogP contribution is -2.26. The highest BCUT2D eigenvalue weighted by molar-refractivity contribution is 5.92. The van der Waals surface area contributed by atoms with Gasteiger partial charge in [-0.1, -0.05) is 55.5 Å². The number of aliphatic hydroxyl groups excluding tert-OH is 1. The van der Waals surface area contributed by atoms with Crippen molar-refractivity contribution >= 4 is 5.97 Å². The third-order valence-electron chi connectivity index (χ3n) is 4.93. The van der Waals surface area contributed by atoms with Gasteiger partial charge in [0.15, 0.2) is 0 Å². The van der Waals surface area contributed by atoms with Gasteiger partial charge in [0.05, 0.1) is 12.7 Å². The molecule has 0 saturated carbocycles. The van der Waals surface area contributed by atoms with Gasteiger partial charge in [-0.2, -0.15) is 0 Å². The van der Waals surface area contributed by atoms with Gasteiger partial charge in [0.25, 0.3) is 0 Å². The van der Waals surface area contributed by atoms with Crippen molar-refractivity contribution in [1.82, 2.24) is 5.32 Å². The number of aliphatic hydroxyl groups is 1. The lowest BCUT2D eigenvalue weighted by Gasteiger charge is -2.13. The summed E-state index contributed by atoms with van der Waals surface area (Å²) >= 11 is 0. The number of aromatic carboxylic acids is 1. The van der Waals surface area contributed by atoms with Gasteiger partial charge in [0.2, 0.25) is 0 Å². The van der Waals surface area contributed by atoms with Crippen LogP contribution in [0.1, 0.15) is 35.4 Å². The predicted molar refractivity (Wildman–Crippen MR) is 124 cm³/mol. The Kier molecular flexibility index (Phi) is 8.66. The van der Waals surface area contributed by atoms with Crippen molar-refractivity contribution < 1.29 is 24.5 Å². The van der Waals surface area contributed by atoms with Gasteiger partial charge < -0.3 is 25.0 Å². The van der Waals surface area contributed by atoms with Gasteiger partial charge >= 0.3 is 5.97 Å². The first-order valence-electron chi connectivity index (χ1n) is 10.8. The molecule has 3 aromatic carbocycles. The molecule has 0 aliphatic heterocycles. The van der Waals surface area contributed by atoms with Crippen LogP contribution in [0.2, 0.25) is 0 Å². The average molecular weight is 436 g/mol. The summed E-state index contributed by atoms with van der Waals surface area (Å²) in [6, 6.07) is 22.3. The second-order valence-corrected chi connectivity index (χ2v) is 7.37. The fraction of sp³-hybridized carbons (Fsp3) is 0.269. The van der Waals surface area contributed by atoms with E-state index < -0.39 is 12.1 Å². The fourth-order valence-electron chi connectivity index (χ4n) is 3.23. The normalized spacial score (nSPS) is 11.7. The van der Waals surface area contributed by atoms with Crippen LogP contribution in [0.4, 0.5) is 0 Å². The molecule has 0 bridgehead atoms. The molecule has 0 heterocycles. The summed E-state index contributed by atoms with van der Waals surface area (Å²) in [4.78, 5) is 11.4. The van der Waals surface area contributed by atoms with Crippen LogP contribution < -0.4 is 14.8 Å². The van der Waals surface area contributed by atoms with Crippen LogP contribution in [0.15, 0.2) is 72.8 Å². The second-order valence-electron chi connectivity index (χ2n) is 7.37. The Morgan fingerprint density at radius 2 is 1.66 bits per heavy atom. The van der Waals surface area contributed by atoms with Crippen molar-refractivity contribution in [3.05, 3.63) is 83.9 Å². The highest BCUT2D eigenvalue weighted by Gasteiger charge is 2.13. The van der Waals surface area contributed by atoms with Gasteiger partial charge in [-0.15, -0.1) is 0 Å². The van der Waals surface area contributed by atoms with Gasteiger partial charge in [-0.3, -0.25) is 0 Å². The quantitative estimate of drug-likeness (QED) is 0.362.